The number of hydrogen-bond donors (Lipinski definition) is 1. The Hall–Kier alpha value is -1.29. The Morgan fingerprint density at radius 1 is 1.25 bits per heavy atom. The predicted molar refractivity (Wildman–Crippen MR) is 67.3 cm³/mol. The number of anilines is 1. The lowest BCUT2D eigenvalue weighted by atomic mass is 10.3. The average Bonchev–Trinajstić information content (AvgIpc) is 2.76. The Balaban J connectivity index is 1.94. The Morgan fingerprint density at radius 3 is 2.69 bits per heavy atom. The third-order valence-electron chi connectivity index (χ3n) is 2.26. The van der Waals surface area contributed by atoms with Crippen molar-refractivity contribution in [3.05, 3.63) is 46.6 Å². The fourth-order valence-electron chi connectivity index (χ4n) is 1.38. The highest BCUT2D eigenvalue weighted by Crippen LogP contribution is 2.13. The van der Waals surface area contributed by atoms with Crippen LogP contribution in [-0.2, 0) is 13.0 Å². The Bertz CT molecular complexity index is 450. The van der Waals surface area contributed by atoms with Gasteiger partial charge >= 0.3 is 0 Å². The third-order valence-corrected chi connectivity index (χ3v) is 2.73. The number of halogens is 1. The van der Waals surface area contributed by atoms with Gasteiger partial charge in [-0.3, -0.25) is 0 Å². The number of rotatable bonds is 4. The van der Waals surface area contributed by atoms with Gasteiger partial charge in [-0.2, -0.15) is 0 Å². The summed E-state index contributed by atoms with van der Waals surface area (Å²) in [6.45, 7) is 2.76. The van der Waals surface area contributed by atoms with Crippen molar-refractivity contribution in [3.8, 4) is 0 Å². The van der Waals surface area contributed by atoms with Crippen molar-refractivity contribution < 1.29 is 4.42 Å². The molecule has 0 bridgehead atoms. The number of furan rings is 1. The van der Waals surface area contributed by atoms with Gasteiger partial charge in [-0.05, 0) is 40.2 Å². The van der Waals surface area contributed by atoms with E-state index in [-0.39, 0.29) is 0 Å². The van der Waals surface area contributed by atoms with Gasteiger partial charge in [0.25, 0.3) is 0 Å². The summed E-state index contributed by atoms with van der Waals surface area (Å²) in [5, 5.41) is 3.25. The molecule has 2 aromatic rings. The quantitative estimate of drug-likeness (QED) is 0.870. The van der Waals surface area contributed by atoms with E-state index in [1.807, 2.05) is 24.3 Å². The molecule has 2 heterocycles. The second-order valence-corrected chi connectivity index (χ2v) is 4.26. The van der Waals surface area contributed by atoms with Crippen molar-refractivity contribution in [3.63, 3.8) is 0 Å². The van der Waals surface area contributed by atoms with E-state index in [0.29, 0.717) is 6.54 Å². The second-order valence-electron chi connectivity index (χ2n) is 3.44. The van der Waals surface area contributed by atoms with Gasteiger partial charge in [0.2, 0.25) is 0 Å². The van der Waals surface area contributed by atoms with Crippen LogP contribution in [0.4, 0.5) is 5.69 Å². The zero-order chi connectivity index (χ0) is 11.4. The van der Waals surface area contributed by atoms with E-state index in [1.54, 1.807) is 6.20 Å². The van der Waals surface area contributed by atoms with E-state index in [0.717, 1.165) is 28.2 Å². The maximum Gasteiger partial charge on any atom is 0.123 e. The monoisotopic (exact) mass is 280 g/mol. The first-order valence-corrected chi connectivity index (χ1v) is 6.00. The van der Waals surface area contributed by atoms with Crippen molar-refractivity contribution in [2.75, 3.05) is 5.32 Å². The van der Waals surface area contributed by atoms with E-state index in [9.17, 15) is 0 Å². The number of nitrogens with one attached hydrogen (secondary N) is 1. The molecule has 0 aromatic carbocycles. The van der Waals surface area contributed by atoms with Crippen LogP contribution >= 0.6 is 15.9 Å². The fourth-order valence-corrected chi connectivity index (χ4v) is 1.61. The van der Waals surface area contributed by atoms with E-state index in [4.69, 9.17) is 4.42 Å². The topological polar surface area (TPSA) is 38.1 Å². The lowest BCUT2D eigenvalue weighted by Gasteiger charge is -2.03. The smallest absolute Gasteiger partial charge is 0.123 e. The van der Waals surface area contributed by atoms with Gasteiger partial charge in [-0.1, -0.05) is 6.92 Å². The maximum absolute atomic E-state index is 5.59. The second kappa shape index (κ2) is 5.16. The largest absolute Gasteiger partial charge is 0.464 e. The molecule has 0 atom stereocenters. The molecule has 0 radical (unpaired) electrons. The van der Waals surface area contributed by atoms with Crippen LogP contribution in [0.1, 0.15) is 18.4 Å². The molecule has 0 aliphatic rings. The molecule has 16 heavy (non-hydrogen) atoms. The first-order chi connectivity index (χ1) is 7.78. The van der Waals surface area contributed by atoms with Gasteiger partial charge in [-0.25, -0.2) is 4.98 Å². The molecule has 1 N–H and O–H groups in total. The van der Waals surface area contributed by atoms with Crippen LogP contribution in [0.3, 0.4) is 0 Å². The van der Waals surface area contributed by atoms with Gasteiger partial charge in [0, 0.05) is 6.42 Å². The summed E-state index contributed by atoms with van der Waals surface area (Å²) >= 11 is 3.30. The van der Waals surface area contributed by atoms with Crippen LogP contribution in [0.15, 0.2) is 39.5 Å². The van der Waals surface area contributed by atoms with Gasteiger partial charge < -0.3 is 9.73 Å². The molecule has 4 heteroatoms. The molecule has 0 aliphatic carbocycles. The molecule has 0 unspecified atom stereocenters. The van der Waals surface area contributed by atoms with Crippen molar-refractivity contribution in [2.24, 2.45) is 0 Å². The summed E-state index contributed by atoms with van der Waals surface area (Å²) in [5.41, 5.74) is 0.984. The normalized spacial score (nSPS) is 10.4. The van der Waals surface area contributed by atoms with E-state index in [1.165, 1.54) is 0 Å². The Morgan fingerprint density at radius 2 is 2.06 bits per heavy atom. The molecule has 84 valence electrons. The molecule has 0 saturated carbocycles. The lowest BCUT2D eigenvalue weighted by Crippen LogP contribution is -1.98. The van der Waals surface area contributed by atoms with E-state index in [2.05, 4.69) is 33.2 Å². The number of pyridine rings is 1. The molecule has 0 amide bonds. The van der Waals surface area contributed by atoms with Crippen LogP contribution < -0.4 is 5.32 Å². The summed E-state index contributed by atoms with van der Waals surface area (Å²) in [7, 11) is 0. The van der Waals surface area contributed by atoms with Crippen LogP contribution in [0.2, 0.25) is 0 Å². The number of nitrogens with zero attached hydrogens (tertiary/aromatic N) is 1. The summed E-state index contributed by atoms with van der Waals surface area (Å²) in [6, 6.07) is 7.89. The zero-order valence-corrected chi connectivity index (χ0v) is 10.6. The molecule has 0 spiro atoms. The van der Waals surface area contributed by atoms with Gasteiger partial charge in [0.05, 0.1) is 18.4 Å². The first kappa shape index (κ1) is 11.2. The minimum Gasteiger partial charge on any atom is -0.464 e. The SMILES string of the molecule is CCc1ccc(CNc2ccc(Br)nc2)o1. The summed E-state index contributed by atoms with van der Waals surface area (Å²) in [6.07, 6.45) is 2.72. The van der Waals surface area contributed by atoms with E-state index >= 15 is 0 Å². The lowest BCUT2D eigenvalue weighted by molar-refractivity contribution is 0.476. The fraction of sp³-hybridized carbons (Fsp3) is 0.250. The molecule has 3 nitrogen and oxygen atoms in total. The summed E-state index contributed by atoms with van der Waals surface area (Å²) in [5.74, 6) is 1.96. The van der Waals surface area contributed by atoms with Crippen molar-refractivity contribution in [1.29, 1.82) is 0 Å². The standard InChI is InChI=1S/C12H13BrN2O/c1-2-10-4-5-11(16-10)8-14-9-3-6-12(13)15-7-9/h3-7,14H,2,8H2,1H3. The zero-order valence-electron chi connectivity index (χ0n) is 9.03. The van der Waals surface area contributed by atoms with Crippen LogP contribution in [-0.4, -0.2) is 4.98 Å². The van der Waals surface area contributed by atoms with Gasteiger partial charge in [-0.15, -0.1) is 0 Å². The van der Waals surface area contributed by atoms with Crippen LogP contribution in [0, 0.1) is 0 Å². The molecule has 2 rings (SSSR count). The Kier molecular flexibility index (Phi) is 3.62. The maximum atomic E-state index is 5.59. The van der Waals surface area contributed by atoms with E-state index < -0.39 is 0 Å². The highest BCUT2D eigenvalue weighted by molar-refractivity contribution is 9.10. The highest BCUT2D eigenvalue weighted by Gasteiger charge is 2.00. The summed E-state index contributed by atoms with van der Waals surface area (Å²) < 4.78 is 6.42. The number of aromatic nitrogens is 1. The highest BCUT2D eigenvalue weighted by atomic mass is 79.9. The van der Waals surface area contributed by atoms with Crippen molar-refractivity contribution in [2.45, 2.75) is 19.9 Å². The third kappa shape index (κ3) is 2.85. The molecule has 0 aliphatic heterocycles. The molecule has 2 aromatic heterocycles. The molecular weight excluding hydrogens is 268 g/mol. The van der Waals surface area contributed by atoms with Crippen molar-refractivity contribution >= 4 is 21.6 Å². The minimum atomic E-state index is 0.684. The van der Waals surface area contributed by atoms with Crippen molar-refractivity contribution in [1.82, 2.24) is 4.98 Å². The van der Waals surface area contributed by atoms with Crippen LogP contribution in [0.25, 0.3) is 0 Å². The molecule has 0 fully saturated rings. The summed E-state index contributed by atoms with van der Waals surface area (Å²) in [4.78, 5) is 4.14. The first-order valence-electron chi connectivity index (χ1n) is 5.21. The van der Waals surface area contributed by atoms with Gasteiger partial charge in [0.1, 0.15) is 16.1 Å². The van der Waals surface area contributed by atoms with Crippen LogP contribution in [0.5, 0.6) is 0 Å². The molecule has 0 saturated heterocycles. The molecular formula is C12H13BrN2O. The predicted octanol–water partition coefficient (Wildman–Crippen LogP) is 3.61. The Labute approximate surface area is 103 Å². The van der Waals surface area contributed by atoms with Gasteiger partial charge in [0.15, 0.2) is 0 Å². The number of aryl methyl sites for hydroxylation is 1. The number of hydrogen-bond acceptors (Lipinski definition) is 3. The minimum absolute atomic E-state index is 0.684. The average molecular weight is 281 g/mol.